The van der Waals surface area contributed by atoms with Crippen LogP contribution in [0.3, 0.4) is 0 Å². The molecule has 1 aliphatic carbocycles. The minimum atomic E-state index is -0.228. The summed E-state index contributed by atoms with van der Waals surface area (Å²) in [6.07, 6.45) is 7.02. The van der Waals surface area contributed by atoms with Crippen LogP contribution in [0.2, 0.25) is 0 Å². The molecule has 26 heavy (non-hydrogen) atoms. The van der Waals surface area contributed by atoms with Crippen molar-refractivity contribution in [2.24, 2.45) is 5.10 Å². The Balaban J connectivity index is 1.60. The van der Waals surface area contributed by atoms with E-state index in [1.54, 1.807) is 18.3 Å². The highest BCUT2D eigenvalue weighted by Crippen LogP contribution is 2.24. The van der Waals surface area contributed by atoms with Gasteiger partial charge in [-0.25, -0.2) is 5.43 Å². The normalized spacial score (nSPS) is 18.3. The van der Waals surface area contributed by atoms with Crippen LogP contribution in [0, 0.1) is 13.8 Å². The molecule has 7 nitrogen and oxygen atoms in total. The van der Waals surface area contributed by atoms with Crippen LogP contribution in [0.15, 0.2) is 29.0 Å². The van der Waals surface area contributed by atoms with Gasteiger partial charge in [-0.2, -0.15) is 10.2 Å². The van der Waals surface area contributed by atoms with Gasteiger partial charge in [-0.05, 0) is 69.0 Å². The van der Waals surface area contributed by atoms with Crippen LogP contribution >= 0.6 is 0 Å². The molecule has 0 spiro atoms. The fourth-order valence-electron chi connectivity index (χ4n) is 3.26. The maximum atomic E-state index is 12.3. The molecule has 0 radical (unpaired) electrons. The van der Waals surface area contributed by atoms with E-state index in [4.69, 9.17) is 0 Å². The van der Waals surface area contributed by atoms with Crippen molar-refractivity contribution in [3.63, 3.8) is 0 Å². The number of H-pyrrole nitrogens is 1. The Kier molecular flexibility index (Phi) is 4.38. The minimum Gasteiger partial charge on any atom is -0.359 e. The second kappa shape index (κ2) is 6.84. The van der Waals surface area contributed by atoms with E-state index in [-0.39, 0.29) is 5.91 Å². The number of aryl methyl sites for hydroxylation is 1. The Morgan fingerprint density at radius 1 is 1.35 bits per heavy atom. The molecule has 0 bridgehead atoms. The molecule has 0 atom stereocenters. The Bertz CT molecular complexity index is 892. The molecule has 4 rings (SSSR count). The van der Waals surface area contributed by atoms with Gasteiger partial charge in [0.15, 0.2) is 0 Å². The fourth-order valence-corrected chi connectivity index (χ4v) is 3.26. The quantitative estimate of drug-likeness (QED) is 0.690. The molecule has 1 fully saturated rings. The first-order valence-electron chi connectivity index (χ1n) is 8.93. The van der Waals surface area contributed by atoms with E-state index in [1.807, 2.05) is 6.08 Å². The zero-order valence-corrected chi connectivity index (χ0v) is 15.0. The minimum absolute atomic E-state index is 0.228. The molecule has 1 amide bonds. The monoisotopic (exact) mass is 350 g/mol. The zero-order valence-electron chi connectivity index (χ0n) is 15.0. The largest absolute Gasteiger partial charge is 0.359 e. The molecule has 134 valence electrons. The maximum absolute atomic E-state index is 12.3. The Labute approximate surface area is 152 Å². The first-order valence-corrected chi connectivity index (χ1v) is 8.93. The van der Waals surface area contributed by atoms with Crippen LogP contribution in [0.4, 0.5) is 0 Å². The second-order valence-corrected chi connectivity index (χ2v) is 6.81. The van der Waals surface area contributed by atoms with Crippen molar-refractivity contribution in [1.82, 2.24) is 25.9 Å². The third-order valence-electron chi connectivity index (χ3n) is 4.89. The summed E-state index contributed by atoms with van der Waals surface area (Å²) in [6.45, 7) is 5.15. The van der Waals surface area contributed by atoms with E-state index in [1.165, 1.54) is 24.0 Å². The van der Waals surface area contributed by atoms with E-state index in [0.29, 0.717) is 23.0 Å². The van der Waals surface area contributed by atoms with Gasteiger partial charge in [0.05, 0.1) is 5.57 Å². The van der Waals surface area contributed by atoms with E-state index in [9.17, 15) is 4.79 Å². The molecule has 2 aromatic rings. The number of nitrogens with one attached hydrogen (secondary N) is 3. The summed E-state index contributed by atoms with van der Waals surface area (Å²) in [5.74, 6) is -0.228. The van der Waals surface area contributed by atoms with E-state index in [0.717, 1.165) is 24.4 Å². The summed E-state index contributed by atoms with van der Waals surface area (Å²) < 4.78 is 0. The number of hydrazone groups is 1. The molecule has 2 aromatic heterocycles. The van der Waals surface area contributed by atoms with Crippen molar-refractivity contribution in [3.05, 3.63) is 52.1 Å². The van der Waals surface area contributed by atoms with Gasteiger partial charge in [-0.1, -0.05) is 0 Å². The smallest absolute Gasteiger partial charge is 0.273 e. The van der Waals surface area contributed by atoms with E-state index in [2.05, 4.69) is 44.9 Å². The van der Waals surface area contributed by atoms with Gasteiger partial charge in [0.1, 0.15) is 11.4 Å². The lowest BCUT2D eigenvalue weighted by molar-refractivity contribution is -0.116. The molecule has 3 heterocycles. The average Bonchev–Trinajstić information content (AvgIpc) is 3.35. The number of rotatable bonds is 6. The summed E-state index contributed by atoms with van der Waals surface area (Å²) in [4.78, 5) is 15.7. The summed E-state index contributed by atoms with van der Waals surface area (Å²) in [6, 6.07) is 4.28. The number of hydrogen-bond acceptors (Lipinski definition) is 5. The van der Waals surface area contributed by atoms with Gasteiger partial charge in [0.25, 0.3) is 5.91 Å². The first-order chi connectivity index (χ1) is 12.6. The van der Waals surface area contributed by atoms with Crippen molar-refractivity contribution in [1.29, 1.82) is 0 Å². The standard InChI is InChI=1S/C19H22N6O/c1-11-14(7-9-20-13-5-6-13)12(2)22-17(11)10-15-18(24-25-19(15)26)16-4-3-8-21-23-16/h3-4,8,10,13,20,22H,5-7,9H2,1-2H3,(H,25,26)/b15-10+. The van der Waals surface area contributed by atoms with Crippen LogP contribution in [-0.4, -0.2) is 39.4 Å². The Hall–Kier alpha value is -2.80. The number of aromatic amines is 1. The van der Waals surface area contributed by atoms with Crippen LogP contribution in [0.1, 0.15) is 41.1 Å². The Morgan fingerprint density at radius 2 is 2.19 bits per heavy atom. The van der Waals surface area contributed by atoms with E-state index >= 15 is 0 Å². The molecule has 3 N–H and O–H groups in total. The lowest BCUT2D eigenvalue weighted by atomic mass is 10.0. The van der Waals surface area contributed by atoms with Crippen LogP contribution < -0.4 is 10.7 Å². The number of nitrogens with zero attached hydrogens (tertiary/aromatic N) is 3. The molecular formula is C19H22N6O. The van der Waals surface area contributed by atoms with Crippen molar-refractivity contribution in [2.75, 3.05) is 6.54 Å². The molecular weight excluding hydrogens is 328 g/mol. The van der Waals surface area contributed by atoms with E-state index < -0.39 is 0 Å². The molecule has 1 aliphatic heterocycles. The highest BCUT2D eigenvalue weighted by molar-refractivity contribution is 6.32. The van der Waals surface area contributed by atoms with Gasteiger partial charge < -0.3 is 10.3 Å². The first kappa shape index (κ1) is 16.7. The van der Waals surface area contributed by atoms with Gasteiger partial charge >= 0.3 is 0 Å². The van der Waals surface area contributed by atoms with Gasteiger partial charge in [0.2, 0.25) is 0 Å². The molecule has 0 aromatic carbocycles. The highest BCUT2D eigenvalue weighted by atomic mass is 16.2. The fraction of sp³-hybridized carbons (Fsp3) is 0.368. The average molecular weight is 350 g/mol. The van der Waals surface area contributed by atoms with Gasteiger partial charge in [0, 0.05) is 23.6 Å². The Morgan fingerprint density at radius 3 is 2.92 bits per heavy atom. The second-order valence-electron chi connectivity index (χ2n) is 6.81. The molecule has 2 aliphatic rings. The van der Waals surface area contributed by atoms with Crippen LogP contribution in [0.5, 0.6) is 0 Å². The molecule has 0 unspecified atom stereocenters. The lowest BCUT2D eigenvalue weighted by Gasteiger charge is -2.04. The molecule has 0 saturated heterocycles. The SMILES string of the molecule is Cc1[nH]c(/C=C2/C(=O)NN=C2c2cccnn2)c(C)c1CCNC1CC1. The van der Waals surface area contributed by atoms with Gasteiger partial charge in [-0.15, -0.1) is 5.10 Å². The lowest BCUT2D eigenvalue weighted by Crippen LogP contribution is -2.19. The number of carbonyl (C=O) groups is 1. The summed E-state index contributed by atoms with van der Waals surface area (Å²) in [5, 5.41) is 15.6. The number of aromatic nitrogens is 3. The maximum Gasteiger partial charge on any atom is 0.273 e. The molecule has 7 heteroatoms. The predicted octanol–water partition coefficient (Wildman–Crippen LogP) is 1.63. The van der Waals surface area contributed by atoms with Crippen molar-refractivity contribution in [3.8, 4) is 0 Å². The van der Waals surface area contributed by atoms with Crippen LogP contribution in [0.25, 0.3) is 6.08 Å². The zero-order chi connectivity index (χ0) is 18.1. The number of hydrogen-bond donors (Lipinski definition) is 3. The third-order valence-corrected chi connectivity index (χ3v) is 4.89. The van der Waals surface area contributed by atoms with Crippen LogP contribution in [-0.2, 0) is 11.2 Å². The topological polar surface area (TPSA) is 95.1 Å². The molecule has 1 saturated carbocycles. The highest BCUT2D eigenvalue weighted by Gasteiger charge is 2.26. The number of amides is 1. The van der Waals surface area contributed by atoms with Crippen molar-refractivity contribution in [2.45, 2.75) is 39.2 Å². The summed E-state index contributed by atoms with van der Waals surface area (Å²) in [7, 11) is 0. The van der Waals surface area contributed by atoms with Gasteiger partial charge in [-0.3, -0.25) is 4.79 Å². The van der Waals surface area contributed by atoms with Crippen molar-refractivity contribution < 1.29 is 4.79 Å². The third kappa shape index (κ3) is 3.30. The summed E-state index contributed by atoms with van der Waals surface area (Å²) >= 11 is 0. The predicted molar refractivity (Wildman–Crippen MR) is 99.7 cm³/mol. The number of carbonyl (C=O) groups excluding carboxylic acids is 1. The van der Waals surface area contributed by atoms with Crippen molar-refractivity contribution >= 4 is 17.7 Å². The summed E-state index contributed by atoms with van der Waals surface area (Å²) in [5.41, 5.74) is 8.67.